The van der Waals surface area contributed by atoms with Crippen LogP contribution in [-0.2, 0) is 6.42 Å². The van der Waals surface area contributed by atoms with Crippen molar-refractivity contribution < 1.29 is 4.42 Å². The molecule has 0 aliphatic heterocycles. The van der Waals surface area contributed by atoms with Gasteiger partial charge in [0.15, 0.2) is 0 Å². The quantitative estimate of drug-likeness (QED) is 0.730. The van der Waals surface area contributed by atoms with Crippen LogP contribution in [0.25, 0.3) is 11.0 Å². The molecule has 0 aliphatic carbocycles. The Labute approximate surface area is 108 Å². The molecule has 0 saturated heterocycles. The fourth-order valence-corrected chi connectivity index (χ4v) is 2.08. The van der Waals surface area contributed by atoms with Crippen LogP contribution in [0.3, 0.4) is 0 Å². The zero-order valence-corrected chi connectivity index (χ0v) is 10.7. The molecule has 0 fully saturated rings. The number of fused-ring (bicyclic) bond motifs is 1. The van der Waals surface area contributed by atoms with Gasteiger partial charge in [-0.3, -0.25) is 0 Å². The van der Waals surface area contributed by atoms with Gasteiger partial charge in [0, 0.05) is 18.4 Å². The summed E-state index contributed by atoms with van der Waals surface area (Å²) in [6, 6.07) is 10.3. The van der Waals surface area contributed by atoms with E-state index in [0.29, 0.717) is 6.42 Å². The van der Waals surface area contributed by atoms with E-state index in [-0.39, 0.29) is 0 Å². The molecule has 18 heavy (non-hydrogen) atoms. The summed E-state index contributed by atoms with van der Waals surface area (Å²) in [5.41, 5.74) is 2.22. The van der Waals surface area contributed by atoms with Gasteiger partial charge in [-0.25, -0.2) is 0 Å². The van der Waals surface area contributed by atoms with E-state index in [4.69, 9.17) is 9.68 Å². The van der Waals surface area contributed by atoms with Crippen molar-refractivity contribution in [1.82, 2.24) is 4.90 Å². The van der Waals surface area contributed by atoms with Gasteiger partial charge in [-0.2, -0.15) is 5.26 Å². The van der Waals surface area contributed by atoms with Crippen molar-refractivity contribution in [3.05, 3.63) is 36.1 Å². The zero-order chi connectivity index (χ0) is 12.8. The Morgan fingerprint density at radius 1 is 1.28 bits per heavy atom. The molecule has 0 amide bonds. The summed E-state index contributed by atoms with van der Waals surface area (Å²) in [6.45, 7) is 1.97. The van der Waals surface area contributed by atoms with E-state index in [1.54, 1.807) is 0 Å². The van der Waals surface area contributed by atoms with Crippen molar-refractivity contribution in [3.63, 3.8) is 0 Å². The maximum atomic E-state index is 8.50. The first-order valence-electron chi connectivity index (χ1n) is 6.32. The minimum Gasteiger partial charge on any atom is -0.464 e. The highest BCUT2D eigenvalue weighted by atomic mass is 16.3. The molecular weight excluding hydrogens is 224 g/mol. The van der Waals surface area contributed by atoms with Crippen LogP contribution in [0.15, 0.2) is 34.9 Å². The molecule has 0 aliphatic rings. The molecule has 0 atom stereocenters. The molecule has 0 saturated carbocycles. The zero-order valence-electron chi connectivity index (χ0n) is 10.7. The van der Waals surface area contributed by atoms with Crippen molar-refractivity contribution >= 4 is 11.0 Å². The average molecular weight is 242 g/mol. The van der Waals surface area contributed by atoms with Gasteiger partial charge < -0.3 is 9.32 Å². The molecule has 0 unspecified atom stereocenters. The average Bonchev–Trinajstić information content (AvgIpc) is 2.80. The van der Waals surface area contributed by atoms with Crippen molar-refractivity contribution in [2.75, 3.05) is 20.1 Å². The topological polar surface area (TPSA) is 40.2 Å². The highest BCUT2D eigenvalue weighted by molar-refractivity contribution is 5.80. The predicted octanol–water partition coefficient (Wildman–Crippen LogP) is 3.21. The maximum Gasteiger partial charge on any atom is 0.134 e. The number of benzene rings is 1. The van der Waals surface area contributed by atoms with Crippen molar-refractivity contribution in [2.24, 2.45) is 0 Å². The number of hydrogen-bond donors (Lipinski definition) is 0. The SMILES string of the molecule is CN(CCCC#N)CCc1coc2ccccc12. The first kappa shape index (κ1) is 12.7. The molecule has 0 bridgehead atoms. The number of furan rings is 1. The summed E-state index contributed by atoms with van der Waals surface area (Å²) in [7, 11) is 2.10. The Morgan fingerprint density at radius 2 is 2.11 bits per heavy atom. The second-order valence-electron chi connectivity index (χ2n) is 4.57. The molecule has 1 aromatic carbocycles. The van der Waals surface area contributed by atoms with Gasteiger partial charge in [0.05, 0.1) is 12.3 Å². The molecule has 94 valence electrons. The van der Waals surface area contributed by atoms with Crippen LogP contribution in [0.1, 0.15) is 18.4 Å². The monoisotopic (exact) mass is 242 g/mol. The highest BCUT2D eigenvalue weighted by Crippen LogP contribution is 2.21. The smallest absolute Gasteiger partial charge is 0.134 e. The summed E-state index contributed by atoms with van der Waals surface area (Å²) in [5.74, 6) is 0. The van der Waals surface area contributed by atoms with Crippen molar-refractivity contribution in [1.29, 1.82) is 5.26 Å². The van der Waals surface area contributed by atoms with Crippen LogP contribution in [-0.4, -0.2) is 25.0 Å². The fraction of sp³-hybridized carbons (Fsp3) is 0.400. The normalized spacial score (nSPS) is 10.9. The van der Waals surface area contributed by atoms with E-state index in [1.165, 1.54) is 10.9 Å². The largest absolute Gasteiger partial charge is 0.464 e. The lowest BCUT2D eigenvalue weighted by Crippen LogP contribution is -2.22. The Balaban J connectivity index is 1.88. The third-order valence-corrected chi connectivity index (χ3v) is 3.15. The Hall–Kier alpha value is -1.79. The van der Waals surface area contributed by atoms with E-state index in [0.717, 1.165) is 31.5 Å². The summed E-state index contributed by atoms with van der Waals surface area (Å²) < 4.78 is 5.52. The first-order valence-corrected chi connectivity index (χ1v) is 6.32. The van der Waals surface area contributed by atoms with Crippen LogP contribution < -0.4 is 0 Å². The number of hydrogen-bond acceptors (Lipinski definition) is 3. The number of nitriles is 1. The fourth-order valence-electron chi connectivity index (χ4n) is 2.08. The summed E-state index contributed by atoms with van der Waals surface area (Å²) in [6.07, 6.45) is 4.42. The highest BCUT2D eigenvalue weighted by Gasteiger charge is 2.06. The van der Waals surface area contributed by atoms with Crippen LogP contribution in [0.2, 0.25) is 0 Å². The molecule has 1 aromatic heterocycles. The van der Waals surface area contributed by atoms with Crippen molar-refractivity contribution in [3.8, 4) is 6.07 Å². The molecule has 0 radical (unpaired) electrons. The Kier molecular flexibility index (Phi) is 4.38. The van der Waals surface area contributed by atoms with Crippen LogP contribution in [0.5, 0.6) is 0 Å². The van der Waals surface area contributed by atoms with Gasteiger partial charge in [0.1, 0.15) is 5.58 Å². The molecule has 0 N–H and O–H groups in total. The predicted molar refractivity (Wildman–Crippen MR) is 72.3 cm³/mol. The van der Waals surface area contributed by atoms with Crippen LogP contribution in [0, 0.1) is 11.3 Å². The minimum absolute atomic E-state index is 0.638. The lowest BCUT2D eigenvalue weighted by Gasteiger charge is -2.14. The van der Waals surface area contributed by atoms with E-state index in [2.05, 4.69) is 24.1 Å². The van der Waals surface area contributed by atoms with Crippen LogP contribution in [0.4, 0.5) is 0 Å². The molecule has 1 heterocycles. The van der Waals surface area contributed by atoms with E-state index in [1.807, 2.05) is 24.5 Å². The standard InChI is InChI=1S/C15H18N2O/c1-17(10-5-4-9-16)11-8-13-12-18-15-7-3-2-6-14(13)15/h2-3,6-7,12H,4-5,8,10-11H2,1H3. The number of unbranched alkanes of at least 4 members (excludes halogenated alkanes) is 1. The molecule has 3 nitrogen and oxygen atoms in total. The van der Waals surface area contributed by atoms with E-state index < -0.39 is 0 Å². The van der Waals surface area contributed by atoms with Gasteiger partial charge in [-0.05, 0) is 38.1 Å². The summed E-state index contributed by atoms with van der Waals surface area (Å²) in [4.78, 5) is 2.26. The summed E-state index contributed by atoms with van der Waals surface area (Å²) >= 11 is 0. The third kappa shape index (κ3) is 3.12. The van der Waals surface area contributed by atoms with E-state index >= 15 is 0 Å². The second kappa shape index (κ2) is 6.23. The third-order valence-electron chi connectivity index (χ3n) is 3.15. The molecule has 2 aromatic rings. The number of likely N-dealkylation sites (N-methyl/N-ethyl adjacent to an activating group) is 1. The molecular formula is C15H18N2O. The lowest BCUT2D eigenvalue weighted by molar-refractivity contribution is 0.335. The van der Waals surface area contributed by atoms with Gasteiger partial charge in [0.25, 0.3) is 0 Å². The maximum absolute atomic E-state index is 8.50. The number of para-hydroxylation sites is 1. The second-order valence-corrected chi connectivity index (χ2v) is 4.57. The Morgan fingerprint density at radius 3 is 2.94 bits per heavy atom. The van der Waals surface area contributed by atoms with Crippen LogP contribution >= 0.6 is 0 Å². The number of rotatable bonds is 6. The Bertz CT molecular complexity index is 539. The summed E-state index contributed by atoms with van der Waals surface area (Å²) in [5, 5.41) is 9.71. The lowest BCUT2D eigenvalue weighted by atomic mass is 10.1. The first-order chi connectivity index (χ1) is 8.81. The van der Waals surface area contributed by atoms with Gasteiger partial charge >= 0.3 is 0 Å². The van der Waals surface area contributed by atoms with Gasteiger partial charge in [-0.1, -0.05) is 18.2 Å². The molecule has 2 rings (SSSR count). The molecule has 3 heteroatoms. The van der Waals surface area contributed by atoms with E-state index in [9.17, 15) is 0 Å². The van der Waals surface area contributed by atoms with Gasteiger partial charge in [0.2, 0.25) is 0 Å². The molecule has 0 spiro atoms. The van der Waals surface area contributed by atoms with Crippen molar-refractivity contribution in [2.45, 2.75) is 19.3 Å². The minimum atomic E-state index is 0.638. The van der Waals surface area contributed by atoms with Gasteiger partial charge in [-0.15, -0.1) is 0 Å². The number of nitrogens with zero attached hydrogens (tertiary/aromatic N) is 2.